The van der Waals surface area contributed by atoms with E-state index < -0.39 is 27.0 Å². The van der Waals surface area contributed by atoms with Crippen LogP contribution in [-0.2, 0) is 0 Å². The van der Waals surface area contributed by atoms with Crippen molar-refractivity contribution in [1.29, 1.82) is 0 Å². The van der Waals surface area contributed by atoms with Crippen molar-refractivity contribution in [1.82, 2.24) is 0 Å². The van der Waals surface area contributed by atoms with Crippen molar-refractivity contribution in [3.05, 3.63) is 85.5 Å². The lowest BCUT2D eigenvalue weighted by molar-refractivity contribution is -0.394. The van der Waals surface area contributed by atoms with E-state index in [1.165, 1.54) is 13.0 Å². The predicted octanol–water partition coefficient (Wildman–Crippen LogP) is 3.71. The monoisotopic (exact) mass is 312 g/mol. The molecule has 0 radical (unpaired) electrons. The number of ketones is 1. The van der Waals surface area contributed by atoms with Crippen molar-refractivity contribution < 1.29 is 14.6 Å². The molecule has 0 bridgehead atoms. The Morgan fingerprint density at radius 3 is 2.26 bits per heavy atom. The smallest absolute Gasteiger partial charge is 0.279 e. The Morgan fingerprint density at radius 1 is 1.04 bits per heavy atom. The first-order valence-corrected chi connectivity index (χ1v) is 6.61. The molecule has 0 unspecified atom stereocenters. The van der Waals surface area contributed by atoms with E-state index in [-0.39, 0.29) is 11.1 Å². The van der Waals surface area contributed by atoms with Crippen LogP contribution in [0, 0.1) is 27.2 Å². The van der Waals surface area contributed by atoms with Gasteiger partial charge in [0.05, 0.1) is 15.9 Å². The summed E-state index contributed by atoms with van der Waals surface area (Å²) in [7, 11) is 0. The lowest BCUT2D eigenvalue weighted by Gasteiger charge is -2.03. The van der Waals surface area contributed by atoms with E-state index in [4.69, 9.17) is 0 Å². The highest BCUT2D eigenvalue weighted by atomic mass is 16.6. The number of carbonyl (C=O) groups is 1. The molecule has 0 heterocycles. The molecule has 0 amide bonds. The second-order valence-electron chi connectivity index (χ2n) is 4.76. The highest BCUT2D eigenvalue weighted by molar-refractivity contribution is 6.08. The third kappa shape index (κ3) is 3.65. The minimum atomic E-state index is -0.760. The Bertz CT molecular complexity index is 813. The minimum Gasteiger partial charge on any atom is -0.289 e. The van der Waals surface area contributed by atoms with E-state index >= 15 is 0 Å². The standard InChI is InChI=1S/C16H12N2O5/c1-11-14(9-13(17(20)21)10-15(11)18(22)23)16(19)8-7-12-5-3-2-4-6-12/h2-10H,1H3/b8-7+. The van der Waals surface area contributed by atoms with Crippen LogP contribution >= 0.6 is 0 Å². The first-order chi connectivity index (χ1) is 10.9. The van der Waals surface area contributed by atoms with Crippen LogP contribution in [0.1, 0.15) is 21.5 Å². The minimum absolute atomic E-state index is 0.0573. The number of nitro groups is 2. The predicted molar refractivity (Wildman–Crippen MR) is 84.3 cm³/mol. The van der Waals surface area contributed by atoms with Gasteiger partial charge in [0.2, 0.25) is 0 Å². The molecule has 0 spiro atoms. The number of rotatable bonds is 5. The van der Waals surface area contributed by atoms with E-state index in [9.17, 15) is 25.0 Å². The normalized spacial score (nSPS) is 10.7. The van der Waals surface area contributed by atoms with Gasteiger partial charge >= 0.3 is 0 Å². The molecule has 23 heavy (non-hydrogen) atoms. The quantitative estimate of drug-likeness (QED) is 0.362. The SMILES string of the molecule is Cc1c(C(=O)/C=C/c2ccccc2)cc([N+](=O)[O-])cc1[N+](=O)[O-]. The maximum Gasteiger partial charge on any atom is 0.279 e. The average Bonchev–Trinajstić information content (AvgIpc) is 2.53. The fraction of sp³-hybridized carbons (Fsp3) is 0.0625. The van der Waals surface area contributed by atoms with Crippen LogP contribution in [0.15, 0.2) is 48.5 Å². The highest BCUT2D eigenvalue weighted by Crippen LogP contribution is 2.28. The summed E-state index contributed by atoms with van der Waals surface area (Å²) in [6, 6.07) is 10.9. The summed E-state index contributed by atoms with van der Waals surface area (Å²) in [5, 5.41) is 21.9. The molecule has 7 heteroatoms. The molecule has 0 atom stereocenters. The number of hydrogen-bond acceptors (Lipinski definition) is 5. The zero-order chi connectivity index (χ0) is 17.0. The van der Waals surface area contributed by atoms with Crippen molar-refractivity contribution in [2.45, 2.75) is 6.92 Å². The average molecular weight is 312 g/mol. The maximum atomic E-state index is 12.3. The molecule has 0 fully saturated rings. The molecule has 2 aromatic rings. The van der Waals surface area contributed by atoms with E-state index in [0.717, 1.165) is 17.7 Å². The summed E-state index contributed by atoms with van der Waals surface area (Å²) in [4.78, 5) is 32.7. The largest absolute Gasteiger partial charge is 0.289 e. The van der Waals surface area contributed by atoms with E-state index in [0.29, 0.717) is 0 Å². The molecule has 2 aromatic carbocycles. The first-order valence-electron chi connectivity index (χ1n) is 6.61. The summed E-state index contributed by atoms with van der Waals surface area (Å²) >= 11 is 0. The Hall–Kier alpha value is -3.35. The van der Waals surface area contributed by atoms with Gasteiger partial charge in [0, 0.05) is 17.2 Å². The van der Waals surface area contributed by atoms with Gasteiger partial charge in [-0.2, -0.15) is 0 Å². The number of benzene rings is 2. The summed E-state index contributed by atoms with van der Waals surface area (Å²) in [5.41, 5.74) is -0.116. The molecule has 116 valence electrons. The maximum absolute atomic E-state index is 12.3. The van der Waals surface area contributed by atoms with Gasteiger partial charge in [-0.15, -0.1) is 0 Å². The third-order valence-electron chi connectivity index (χ3n) is 3.26. The fourth-order valence-electron chi connectivity index (χ4n) is 2.06. The Balaban J connectivity index is 2.45. The Kier molecular flexibility index (Phi) is 4.61. The van der Waals surface area contributed by atoms with Crippen molar-refractivity contribution >= 4 is 23.2 Å². The van der Waals surface area contributed by atoms with Crippen LogP contribution in [0.25, 0.3) is 6.08 Å². The van der Waals surface area contributed by atoms with Crippen LogP contribution in [0.2, 0.25) is 0 Å². The van der Waals surface area contributed by atoms with Gasteiger partial charge in [-0.25, -0.2) is 0 Å². The zero-order valence-corrected chi connectivity index (χ0v) is 12.1. The van der Waals surface area contributed by atoms with Crippen LogP contribution in [0.4, 0.5) is 11.4 Å². The molecule has 0 aliphatic rings. The lowest BCUT2D eigenvalue weighted by atomic mass is 10.0. The zero-order valence-electron chi connectivity index (χ0n) is 12.1. The van der Waals surface area contributed by atoms with Crippen molar-refractivity contribution in [2.24, 2.45) is 0 Å². The van der Waals surface area contributed by atoms with Gasteiger partial charge in [-0.05, 0) is 18.6 Å². The molecule has 0 aliphatic carbocycles. The molecule has 0 saturated carbocycles. The number of hydrogen-bond donors (Lipinski definition) is 0. The van der Waals surface area contributed by atoms with E-state index in [2.05, 4.69) is 0 Å². The number of carbonyl (C=O) groups excluding carboxylic acids is 1. The van der Waals surface area contributed by atoms with Gasteiger partial charge in [-0.3, -0.25) is 25.0 Å². The topological polar surface area (TPSA) is 103 Å². The third-order valence-corrected chi connectivity index (χ3v) is 3.26. The van der Waals surface area contributed by atoms with Crippen LogP contribution in [0.5, 0.6) is 0 Å². The summed E-state index contributed by atoms with van der Waals surface area (Å²) in [5.74, 6) is -0.529. The molecular weight excluding hydrogens is 300 g/mol. The molecular formula is C16H12N2O5. The van der Waals surface area contributed by atoms with Gasteiger partial charge in [0.25, 0.3) is 11.4 Å². The summed E-state index contributed by atoms with van der Waals surface area (Å²) in [6.07, 6.45) is 2.79. The number of nitrogens with zero attached hydrogens (tertiary/aromatic N) is 2. The van der Waals surface area contributed by atoms with Crippen LogP contribution in [-0.4, -0.2) is 15.6 Å². The molecule has 0 N–H and O–H groups in total. The van der Waals surface area contributed by atoms with Crippen LogP contribution in [0.3, 0.4) is 0 Å². The fourth-order valence-corrected chi connectivity index (χ4v) is 2.06. The van der Waals surface area contributed by atoms with Crippen LogP contribution < -0.4 is 0 Å². The van der Waals surface area contributed by atoms with Gasteiger partial charge in [-0.1, -0.05) is 36.4 Å². The molecule has 0 aliphatic heterocycles. The Labute approximate surface area is 131 Å². The molecule has 2 rings (SSSR count). The number of nitro benzene ring substituents is 2. The second kappa shape index (κ2) is 6.61. The van der Waals surface area contributed by atoms with E-state index in [1.54, 1.807) is 30.3 Å². The summed E-state index contributed by atoms with van der Waals surface area (Å²) in [6.45, 7) is 1.39. The van der Waals surface area contributed by atoms with E-state index in [1.807, 2.05) is 6.07 Å². The lowest BCUT2D eigenvalue weighted by Crippen LogP contribution is -2.04. The van der Waals surface area contributed by atoms with Crippen molar-refractivity contribution in [3.63, 3.8) is 0 Å². The van der Waals surface area contributed by atoms with Crippen molar-refractivity contribution in [3.8, 4) is 0 Å². The molecule has 0 aromatic heterocycles. The first kappa shape index (κ1) is 16.0. The summed E-state index contributed by atoms with van der Waals surface area (Å²) < 4.78 is 0. The van der Waals surface area contributed by atoms with Crippen molar-refractivity contribution in [2.75, 3.05) is 0 Å². The molecule has 0 saturated heterocycles. The second-order valence-corrected chi connectivity index (χ2v) is 4.76. The van der Waals surface area contributed by atoms with Gasteiger partial charge in [0.15, 0.2) is 5.78 Å². The number of non-ortho nitro benzene ring substituents is 1. The molecule has 7 nitrogen and oxygen atoms in total. The Morgan fingerprint density at radius 2 is 1.70 bits per heavy atom. The number of allylic oxidation sites excluding steroid dienone is 1. The van der Waals surface area contributed by atoms with Gasteiger partial charge < -0.3 is 0 Å². The highest BCUT2D eigenvalue weighted by Gasteiger charge is 2.23. The van der Waals surface area contributed by atoms with Gasteiger partial charge in [0.1, 0.15) is 0 Å².